The number of nitrogens with one attached hydrogen (secondary N) is 1. The summed E-state index contributed by atoms with van der Waals surface area (Å²) in [6.45, 7) is 5.39. The summed E-state index contributed by atoms with van der Waals surface area (Å²) in [7, 11) is 0. The first-order valence-electron chi connectivity index (χ1n) is 13.3. The lowest BCUT2D eigenvalue weighted by Crippen LogP contribution is -2.36. The number of ether oxygens (including phenoxy) is 2. The van der Waals surface area contributed by atoms with Crippen LogP contribution < -0.4 is 14.8 Å². The Bertz CT molecular complexity index is 938. The molecule has 0 aromatic heterocycles. The summed E-state index contributed by atoms with van der Waals surface area (Å²) < 4.78 is 11.4. The highest BCUT2D eigenvalue weighted by Crippen LogP contribution is 2.31. The maximum absolute atomic E-state index is 12.7. The fourth-order valence-electron chi connectivity index (χ4n) is 4.47. The van der Waals surface area contributed by atoms with Crippen molar-refractivity contribution >= 4 is 11.7 Å². The number of hydrogen-bond donors (Lipinski definition) is 1. The molecule has 1 amide bonds. The van der Waals surface area contributed by atoms with Crippen molar-refractivity contribution in [3.63, 3.8) is 0 Å². The molecular weight excluding hydrogens is 438 g/mol. The van der Waals surface area contributed by atoms with Crippen LogP contribution in [0.2, 0.25) is 0 Å². The zero-order chi connectivity index (χ0) is 24.9. The number of carbonyl (C=O) groups excluding carboxylic acids is 2. The van der Waals surface area contributed by atoms with E-state index >= 15 is 0 Å². The van der Waals surface area contributed by atoms with Gasteiger partial charge in [0.25, 0.3) is 0 Å². The van der Waals surface area contributed by atoms with Gasteiger partial charge < -0.3 is 14.8 Å². The van der Waals surface area contributed by atoms with Gasteiger partial charge in [-0.25, -0.2) is 0 Å². The summed E-state index contributed by atoms with van der Waals surface area (Å²) in [6.07, 6.45) is 10.2. The Hall–Kier alpha value is -2.82. The maximum atomic E-state index is 12.7. The molecule has 0 radical (unpaired) electrons. The highest BCUT2D eigenvalue weighted by molar-refractivity contribution is 5.96. The molecule has 1 N–H and O–H groups in total. The van der Waals surface area contributed by atoms with Gasteiger partial charge in [0.05, 0.1) is 0 Å². The van der Waals surface area contributed by atoms with Crippen LogP contribution in [0.5, 0.6) is 11.5 Å². The number of aryl methyl sites for hydroxylation is 1. The lowest BCUT2D eigenvalue weighted by molar-refractivity contribution is -0.122. The van der Waals surface area contributed by atoms with Crippen molar-refractivity contribution in [1.82, 2.24) is 5.32 Å². The van der Waals surface area contributed by atoms with Crippen LogP contribution in [-0.2, 0) is 11.2 Å². The van der Waals surface area contributed by atoms with Crippen molar-refractivity contribution in [2.24, 2.45) is 0 Å². The van der Waals surface area contributed by atoms with Crippen molar-refractivity contribution < 1.29 is 19.1 Å². The SMILES string of the molecule is CCCCCCC[C@H](Cc1ccc2c(c1)OCCO2)NC(=O)CCCCC(=O)c1ccc(C)cc1. The van der Waals surface area contributed by atoms with E-state index in [1.807, 2.05) is 43.3 Å². The Morgan fingerprint density at radius 3 is 2.34 bits per heavy atom. The summed E-state index contributed by atoms with van der Waals surface area (Å²) in [5.41, 5.74) is 3.05. The third-order valence-electron chi connectivity index (χ3n) is 6.54. The minimum Gasteiger partial charge on any atom is -0.486 e. The van der Waals surface area contributed by atoms with Gasteiger partial charge in [-0.2, -0.15) is 0 Å². The van der Waals surface area contributed by atoms with Crippen LogP contribution >= 0.6 is 0 Å². The lowest BCUT2D eigenvalue weighted by Gasteiger charge is -2.22. The number of fused-ring (bicyclic) bond motifs is 1. The highest BCUT2D eigenvalue weighted by atomic mass is 16.6. The molecule has 0 saturated carbocycles. The number of amides is 1. The normalized spacial score (nSPS) is 13.3. The predicted molar refractivity (Wildman–Crippen MR) is 140 cm³/mol. The smallest absolute Gasteiger partial charge is 0.220 e. The third kappa shape index (κ3) is 9.39. The second kappa shape index (κ2) is 14.6. The molecule has 5 nitrogen and oxygen atoms in total. The van der Waals surface area contributed by atoms with E-state index in [9.17, 15) is 9.59 Å². The second-order valence-electron chi connectivity index (χ2n) is 9.65. The third-order valence-corrected chi connectivity index (χ3v) is 6.54. The lowest BCUT2D eigenvalue weighted by atomic mass is 9.98. The fraction of sp³-hybridized carbons (Fsp3) is 0.533. The molecule has 2 aromatic carbocycles. The van der Waals surface area contributed by atoms with Crippen LogP contribution in [0.3, 0.4) is 0 Å². The van der Waals surface area contributed by atoms with E-state index in [0.717, 1.165) is 60.3 Å². The Kier molecular flexibility index (Phi) is 11.1. The van der Waals surface area contributed by atoms with E-state index in [1.54, 1.807) is 0 Å². The van der Waals surface area contributed by atoms with E-state index in [1.165, 1.54) is 25.7 Å². The topological polar surface area (TPSA) is 64.6 Å². The molecule has 35 heavy (non-hydrogen) atoms. The summed E-state index contributed by atoms with van der Waals surface area (Å²) in [5, 5.41) is 3.27. The van der Waals surface area contributed by atoms with Gasteiger partial charge in [0.1, 0.15) is 13.2 Å². The Balaban J connectivity index is 1.46. The zero-order valence-corrected chi connectivity index (χ0v) is 21.4. The zero-order valence-electron chi connectivity index (χ0n) is 21.4. The van der Waals surface area contributed by atoms with Gasteiger partial charge in [-0.05, 0) is 50.3 Å². The Morgan fingerprint density at radius 2 is 1.57 bits per heavy atom. The van der Waals surface area contributed by atoms with Crippen molar-refractivity contribution in [3.05, 3.63) is 59.2 Å². The summed E-state index contributed by atoms with van der Waals surface area (Å²) in [5.74, 6) is 1.80. The van der Waals surface area contributed by atoms with Crippen LogP contribution in [0.1, 0.15) is 92.6 Å². The first-order valence-corrected chi connectivity index (χ1v) is 13.3. The van der Waals surface area contributed by atoms with Gasteiger partial charge in [-0.3, -0.25) is 9.59 Å². The number of hydrogen-bond acceptors (Lipinski definition) is 4. The molecule has 5 heteroatoms. The van der Waals surface area contributed by atoms with Gasteiger partial charge in [-0.15, -0.1) is 0 Å². The van der Waals surface area contributed by atoms with E-state index in [4.69, 9.17) is 9.47 Å². The number of benzene rings is 2. The van der Waals surface area contributed by atoms with E-state index in [0.29, 0.717) is 26.1 Å². The monoisotopic (exact) mass is 479 g/mol. The highest BCUT2D eigenvalue weighted by Gasteiger charge is 2.17. The number of Topliss-reactive ketones (excluding diaryl/α,β-unsaturated/α-hetero) is 1. The number of rotatable bonds is 15. The minimum absolute atomic E-state index is 0.0730. The largest absolute Gasteiger partial charge is 0.486 e. The van der Waals surface area contributed by atoms with E-state index < -0.39 is 0 Å². The number of ketones is 1. The first-order chi connectivity index (χ1) is 17.0. The standard InChI is InChI=1S/C30H41NO4/c1-3-4-5-6-7-10-26(21-24-15-18-28-29(22-24)35-20-19-34-28)31-30(33)12-9-8-11-27(32)25-16-13-23(2)14-17-25/h13-18,22,26H,3-12,19-21H2,1-2H3,(H,31,33)/t26-/m1/s1. The summed E-state index contributed by atoms with van der Waals surface area (Å²) >= 11 is 0. The van der Waals surface area contributed by atoms with Crippen LogP contribution in [0.4, 0.5) is 0 Å². The van der Waals surface area contributed by atoms with Crippen molar-refractivity contribution in [2.75, 3.05) is 13.2 Å². The van der Waals surface area contributed by atoms with Gasteiger partial charge in [0.2, 0.25) is 5.91 Å². The van der Waals surface area contributed by atoms with E-state index in [-0.39, 0.29) is 17.7 Å². The van der Waals surface area contributed by atoms with Gasteiger partial charge in [0, 0.05) is 24.4 Å². The maximum Gasteiger partial charge on any atom is 0.220 e. The van der Waals surface area contributed by atoms with Gasteiger partial charge in [-0.1, -0.05) is 74.9 Å². The molecule has 1 heterocycles. The fourth-order valence-corrected chi connectivity index (χ4v) is 4.47. The molecule has 0 aliphatic carbocycles. The Labute approximate surface area is 210 Å². The summed E-state index contributed by atoms with van der Waals surface area (Å²) in [6, 6.07) is 13.9. The van der Waals surface area contributed by atoms with E-state index in [2.05, 4.69) is 18.3 Å². The molecule has 1 aliphatic heterocycles. The number of carbonyl (C=O) groups is 2. The molecular formula is C30H41NO4. The molecule has 2 aromatic rings. The van der Waals surface area contributed by atoms with Crippen LogP contribution in [-0.4, -0.2) is 30.9 Å². The molecule has 0 saturated heterocycles. The average molecular weight is 480 g/mol. The van der Waals surface area contributed by atoms with Crippen LogP contribution in [0, 0.1) is 6.92 Å². The second-order valence-corrected chi connectivity index (χ2v) is 9.65. The molecule has 0 bridgehead atoms. The van der Waals surface area contributed by atoms with Gasteiger partial charge in [0.15, 0.2) is 17.3 Å². The molecule has 190 valence electrons. The quantitative estimate of drug-likeness (QED) is 0.231. The molecule has 0 fully saturated rings. The van der Waals surface area contributed by atoms with Gasteiger partial charge >= 0.3 is 0 Å². The van der Waals surface area contributed by atoms with Crippen LogP contribution in [0.15, 0.2) is 42.5 Å². The molecule has 1 atom stereocenters. The molecule has 0 spiro atoms. The predicted octanol–water partition coefficient (Wildman–Crippen LogP) is 6.60. The molecule has 1 aliphatic rings. The summed E-state index contributed by atoms with van der Waals surface area (Å²) in [4.78, 5) is 25.1. The Morgan fingerprint density at radius 1 is 0.857 bits per heavy atom. The minimum atomic E-state index is 0.0730. The van der Waals surface area contributed by atoms with Crippen molar-refractivity contribution in [1.29, 1.82) is 0 Å². The molecule has 0 unspecified atom stereocenters. The average Bonchev–Trinajstić information content (AvgIpc) is 2.86. The van der Waals surface area contributed by atoms with Crippen molar-refractivity contribution in [2.45, 2.75) is 90.5 Å². The first kappa shape index (κ1) is 26.8. The molecule has 3 rings (SSSR count). The van der Waals surface area contributed by atoms with Crippen molar-refractivity contribution in [3.8, 4) is 11.5 Å². The van der Waals surface area contributed by atoms with Crippen LogP contribution in [0.25, 0.3) is 0 Å². The number of unbranched alkanes of at least 4 members (excludes halogenated alkanes) is 5.